The minimum absolute atomic E-state index is 0.880. The van der Waals surface area contributed by atoms with Crippen molar-refractivity contribution in [3.63, 3.8) is 0 Å². The number of ether oxygens (including phenoxy) is 1. The average molecular weight is 237 g/mol. The first-order valence-corrected chi connectivity index (χ1v) is 4.83. The molecule has 0 aliphatic rings. The van der Waals surface area contributed by atoms with Crippen LogP contribution in [0.15, 0.2) is 40.9 Å². The summed E-state index contributed by atoms with van der Waals surface area (Å²) in [4.78, 5) is 0. The van der Waals surface area contributed by atoms with E-state index in [1.807, 2.05) is 24.3 Å². The van der Waals surface area contributed by atoms with Gasteiger partial charge in [-0.25, -0.2) is 0 Å². The standard InChI is InChI=1S/C11H9BrO/c1-13-9-6-8-4-2-3-5-10(8)11(12)7-9/h2-7H,1H3. The Hall–Kier alpha value is -1.02. The van der Waals surface area contributed by atoms with E-state index in [1.54, 1.807) is 7.11 Å². The number of benzene rings is 2. The Morgan fingerprint density at radius 3 is 2.69 bits per heavy atom. The van der Waals surface area contributed by atoms with Crippen LogP contribution in [0, 0.1) is 0 Å². The van der Waals surface area contributed by atoms with Gasteiger partial charge in [0.05, 0.1) is 7.11 Å². The zero-order valence-electron chi connectivity index (χ0n) is 7.25. The molecule has 0 unspecified atom stereocenters. The van der Waals surface area contributed by atoms with Crippen molar-refractivity contribution in [3.8, 4) is 5.75 Å². The third-order valence-electron chi connectivity index (χ3n) is 2.02. The molecule has 0 saturated carbocycles. The molecule has 13 heavy (non-hydrogen) atoms. The topological polar surface area (TPSA) is 9.23 Å². The largest absolute Gasteiger partial charge is 0.497 e. The fourth-order valence-electron chi connectivity index (χ4n) is 1.36. The van der Waals surface area contributed by atoms with Gasteiger partial charge in [-0.2, -0.15) is 0 Å². The Morgan fingerprint density at radius 1 is 1.15 bits per heavy atom. The van der Waals surface area contributed by atoms with Crippen LogP contribution in [-0.4, -0.2) is 7.11 Å². The van der Waals surface area contributed by atoms with Crippen LogP contribution in [0.5, 0.6) is 5.75 Å². The molecule has 0 fully saturated rings. The molecule has 0 aliphatic heterocycles. The van der Waals surface area contributed by atoms with Crippen LogP contribution in [0.4, 0.5) is 0 Å². The van der Waals surface area contributed by atoms with Gasteiger partial charge in [-0.1, -0.05) is 40.2 Å². The molecular weight excluding hydrogens is 228 g/mol. The van der Waals surface area contributed by atoms with E-state index in [1.165, 1.54) is 10.8 Å². The lowest BCUT2D eigenvalue weighted by Gasteiger charge is -2.04. The van der Waals surface area contributed by atoms with Crippen LogP contribution in [0.25, 0.3) is 10.8 Å². The molecule has 0 heterocycles. The minimum atomic E-state index is 0.880. The molecule has 2 rings (SSSR count). The number of hydrogen-bond acceptors (Lipinski definition) is 1. The van der Waals surface area contributed by atoms with Gasteiger partial charge in [-0.05, 0) is 22.9 Å². The normalized spacial score (nSPS) is 10.3. The van der Waals surface area contributed by atoms with Gasteiger partial charge in [0.25, 0.3) is 0 Å². The summed E-state index contributed by atoms with van der Waals surface area (Å²) < 4.78 is 6.24. The Balaban J connectivity index is 2.77. The highest BCUT2D eigenvalue weighted by Gasteiger charge is 2.00. The zero-order chi connectivity index (χ0) is 9.26. The van der Waals surface area contributed by atoms with E-state index in [4.69, 9.17) is 4.74 Å². The van der Waals surface area contributed by atoms with Gasteiger partial charge in [-0.15, -0.1) is 0 Å². The van der Waals surface area contributed by atoms with Gasteiger partial charge in [0, 0.05) is 4.47 Å². The van der Waals surface area contributed by atoms with Crippen LogP contribution in [0.1, 0.15) is 0 Å². The van der Waals surface area contributed by atoms with E-state index in [0.29, 0.717) is 0 Å². The molecule has 2 aromatic rings. The predicted octanol–water partition coefficient (Wildman–Crippen LogP) is 3.61. The lowest BCUT2D eigenvalue weighted by atomic mass is 10.1. The molecule has 0 aliphatic carbocycles. The monoisotopic (exact) mass is 236 g/mol. The van der Waals surface area contributed by atoms with Crippen molar-refractivity contribution in [3.05, 3.63) is 40.9 Å². The Kier molecular flexibility index (Phi) is 2.23. The molecule has 0 aromatic heterocycles. The summed E-state index contributed by atoms with van der Waals surface area (Å²) in [5.74, 6) is 0.880. The molecule has 0 atom stereocenters. The van der Waals surface area contributed by atoms with Gasteiger partial charge < -0.3 is 4.74 Å². The molecule has 0 amide bonds. The highest BCUT2D eigenvalue weighted by molar-refractivity contribution is 9.10. The highest BCUT2D eigenvalue weighted by Crippen LogP contribution is 2.28. The summed E-state index contributed by atoms with van der Waals surface area (Å²) in [6, 6.07) is 12.2. The second-order valence-corrected chi connectivity index (χ2v) is 3.68. The molecule has 0 saturated heterocycles. The van der Waals surface area contributed by atoms with E-state index < -0.39 is 0 Å². The van der Waals surface area contributed by atoms with Crippen LogP contribution in [0.3, 0.4) is 0 Å². The average Bonchev–Trinajstić information content (AvgIpc) is 2.18. The second kappa shape index (κ2) is 3.38. The maximum atomic E-state index is 5.17. The molecule has 0 bridgehead atoms. The van der Waals surface area contributed by atoms with E-state index in [0.717, 1.165) is 10.2 Å². The van der Waals surface area contributed by atoms with Gasteiger partial charge in [-0.3, -0.25) is 0 Å². The van der Waals surface area contributed by atoms with Gasteiger partial charge in [0.2, 0.25) is 0 Å². The fraction of sp³-hybridized carbons (Fsp3) is 0.0909. The first-order chi connectivity index (χ1) is 6.31. The van der Waals surface area contributed by atoms with Crippen molar-refractivity contribution in [1.29, 1.82) is 0 Å². The van der Waals surface area contributed by atoms with Crippen molar-refractivity contribution >= 4 is 26.7 Å². The second-order valence-electron chi connectivity index (χ2n) is 2.83. The van der Waals surface area contributed by atoms with Gasteiger partial charge >= 0.3 is 0 Å². The minimum Gasteiger partial charge on any atom is -0.497 e. The molecule has 1 nitrogen and oxygen atoms in total. The van der Waals surface area contributed by atoms with E-state index >= 15 is 0 Å². The van der Waals surface area contributed by atoms with Gasteiger partial charge in [0.15, 0.2) is 0 Å². The summed E-state index contributed by atoms with van der Waals surface area (Å²) in [6.45, 7) is 0. The van der Waals surface area contributed by atoms with Crippen LogP contribution >= 0.6 is 15.9 Å². The summed E-state index contributed by atoms with van der Waals surface area (Å²) in [5.41, 5.74) is 0. The van der Waals surface area contributed by atoms with E-state index in [-0.39, 0.29) is 0 Å². The van der Waals surface area contributed by atoms with E-state index in [9.17, 15) is 0 Å². The van der Waals surface area contributed by atoms with Crippen molar-refractivity contribution in [2.24, 2.45) is 0 Å². The van der Waals surface area contributed by atoms with Crippen molar-refractivity contribution < 1.29 is 4.74 Å². The van der Waals surface area contributed by atoms with Crippen LogP contribution in [0.2, 0.25) is 0 Å². The van der Waals surface area contributed by atoms with Crippen LogP contribution in [-0.2, 0) is 0 Å². The Bertz CT molecular complexity index is 437. The summed E-state index contributed by atoms with van der Waals surface area (Å²) in [5, 5.41) is 2.40. The molecule has 0 N–H and O–H groups in total. The molecule has 0 radical (unpaired) electrons. The molecule has 2 aromatic carbocycles. The lowest BCUT2D eigenvalue weighted by Crippen LogP contribution is -1.83. The molecule has 66 valence electrons. The van der Waals surface area contributed by atoms with Crippen molar-refractivity contribution in [2.45, 2.75) is 0 Å². The number of hydrogen-bond donors (Lipinski definition) is 0. The highest BCUT2D eigenvalue weighted by atomic mass is 79.9. The third kappa shape index (κ3) is 1.54. The summed E-state index contributed by atoms with van der Waals surface area (Å²) in [7, 11) is 1.68. The predicted molar refractivity (Wildman–Crippen MR) is 58.2 cm³/mol. The zero-order valence-corrected chi connectivity index (χ0v) is 8.84. The van der Waals surface area contributed by atoms with Crippen LogP contribution < -0.4 is 4.74 Å². The third-order valence-corrected chi connectivity index (χ3v) is 2.68. The van der Waals surface area contributed by atoms with Gasteiger partial charge in [0.1, 0.15) is 5.75 Å². The van der Waals surface area contributed by atoms with Crippen molar-refractivity contribution in [2.75, 3.05) is 7.11 Å². The summed E-state index contributed by atoms with van der Waals surface area (Å²) >= 11 is 3.51. The Morgan fingerprint density at radius 2 is 1.92 bits per heavy atom. The SMILES string of the molecule is COc1cc(Br)c2ccccc2c1. The molecule has 2 heteroatoms. The lowest BCUT2D eigenvalue weighted by molar-refractivity contribution is 0.415. The smallest absolute Gasteiger partial charge is 0.120 e. The number of fused-ring (bicyclic) bond motifs is 1. The Labute approximate surface area is 85.5 Å². The van der Waals surface area contributed by atoms with E-state index in [2.05, 4.69) is 28.1 Å². The maximum absolute atomic E-state index is 5.17. The maximum Gasteiger partial charge on any atom is 0.120 e. The fourth-order valence-corrected chi connectivity index (χ4v) is 1.94. The quantitative estimate of drug-likeness (QED) is 0.736. The molecule has 0 spiro atoms. The number of halogens is 1. The van der Waals surface area contributed by atoms with Crippen molar-refractivity contribution in [1.82, 2.24) is 0 Å². The first kappa shape index (κ1) is 8.57. The molecular formula is C11H9BrO. The number of rotatable bonds is 1. The first-order valence-electron chi connectivity index (χ1n) is 4.03. The number of methoxy groups -OCH3 is 1. The summed E-state index contributed by atoms with van der Waals surface area (Å²) in [6.07, 6.45) is 0.